The van der Waals surface area contributed by atoms with E-state index in [1.54, 1.807) is 6.92 Å². The first kappa shape index (κ1) is 35.5. The quantitative estimate of drug-likeness (QED) is 0.0739. The fourth-order valence-electron chi connectivity index (χ4n) is 2.96. The van der Waals surface area contributed by atoms with E-state index in [-0.39, 0.29) is 12.8 Å². The first-order valence-corrected chi connectivity index (χ1v) is 11.1. The molecule has 0 aliphatic rings. The van der Waals surface area contributed by atoms with E-state index in [2.05, 4.69) is 0 Å². The Labute approximate surface area is 207 Å². The molecule has 0 N–H and O–H groups in total. The first-order valence-electron chi connectivity index (χ1n) is 9.98. The Balaban J connectivity index is 6.49. The number of alkyl halides is 18. The van der Waals surface area contributed by atoms with Crippen LogP contribution in [0.1, 0.15) is 58.8 Å². The third-order valence-corrected chi connectivity index (χ3v) is 7.12. The molecule has 0 heterocycles. The second kappa shape index (κ2) is 10.6. The van der Waals surface area contributed by atoms with Gasteiger partial charge in [-0.3, -0.25) is 0 Å². The topological polar surface area (TPSA) is 0 Å². The molecule has 0 rings (SSSR count). The molecule has 1 atom stereocenters. The molecular weight excluding hydrogens is 666 g/mol. The van der Waals surface area contributed by atoms with E-state index in [1.165, 1.54) is 0 Å². The summed E-state index contributed by atoms with van der Waals surface area (Å²) in [5, 5.41) is 0. The SMILES string of the molecule is CCCCCCC(I)(CC)CC(F)(F)C(F)(F)C(F)(F)C(F)(F)C(F)(F)C(F)(F)C(F)(F)C(F)(F)F. The zero-order valence-corrected chi connectivity index (χ0v) is 20.4. The fraction of sp³-hybridized carbons (Fsp3) is 1.00. The lowest BCUT2D eigenvalue weighted by Gasteiger charge is -2.43. The standard InChI is InChI=1S/C18H20F17I/c1-3-5-6-7-8-10(36,4-2)9-11(19,20)12(21,22)13(23,24)14(25,26)15(27,28)16(29,30)17(31,32)18(33,34)35/h3-9H2,1-2H3. The molecule has 0 aromatic carbocycles. The van der Waals surface area contributed by atoms with Crippen molar-refractivity contribution in [3.63, 3.8) is 0 Å². The number of hydrogen-bond acceptors (Lipinski definition) is 0. The average Bonchev–Trinajstić information content (AvgIpc) is 2.69. The Morgan fingerprint density at radius 2 is 0.833 bits per heavy atom. The fourth-order valence-corrected chi connectivity index (χ4v) is 3.82. The molecule has 0 fully saturated rings. The summed E-state index contributed by atoms with van der Waals surface area (Å²) in [5.74, 6) is -55.9. The summed E-state index contributed by atoms with van der Waals surface area (Å²) < 4.78 is 225. The van der Waals surface area contributed by atoms with E-state index >= 15 is 0 Å². The molecule has 0 radical (unpaired) electrons. The molecule has 0 aromatic rings. The zero-order chi connectivity index (χ0) is 29.4. The summed E-state index contributed by atoms with van der Waals surface area (Å²) in [6.07, 6.45) is -9.45. The van der Waals surface area contributed by atoms with Crippen LogP contribution in [0.3, 0.4) is 0 Å². The lowest BCUT2D eigenvalue weighted by Crippen LogP contribution is -2.74. The van der Waals surface area contributed by atoms with Gasteiger partial charge < -0.3 is 0 Å². The van der Waals surface area contributed by atoms with E-state index < -0.39 is 63.9 Å². The van der Waals surface area contributed by atoms with Crippen molar-refractivity contribution in [3.05, 3.63) is 0 Å². The average molecular weight is 686 g/mol. The summed E-state index contributed by atoms with van der Waals surface area (Å²) in [5.41, 5.74) is 0. The van der Waals surface area contributed by atoms with Crippen molar-refractivity contribution in [3.8, 4) is 0 Å². The van der Waals surface area contributed by atoms with Crippen LogP contribution >= 0.6 is 22.6 Å². The van der Waals surface area contributed by atoms with E-state index in [0.717, 1.165) is 29.5 Å². The molecule has 0 aromatic heterocycles. The van der Waals surface area contributed by atoms with Crippen LogP contribution in [0.25, 0.3) is 0 Å². The van der Waals surface area contributed by atoms with E-state index in [4.69, 9.17) is 0 Å². The van der Waals surface area contributed by atoms with Crippen LogP contribution in [-0.2, 0) is 0 Å². The molecule has 0 spiro atoms. The molecule has 0 aliphatic carbocycles. The van der Waals surface area contributed by atoms with Gasteiger partial charge in [0.05, 0.1) is 0 Å². The highest BCUT2D eigenvalue weighted by atomic mass is 127. The van der Waals surface area contributed by atoms with E-state index in [9.17, 15) is 74.6 Å². The maximum Gasteiger partial charge on any atom is 0.460 e. The molecule has 0 amide bonds. The lowest BCUT2D eigenvalue weighted by molar-refractivity contribution is -0.462. The predicted octanol–water partition coefficient (Wildman–Crippen LogP) is 9.94. The smallest absolute Gasteiger partial charge is 0.200 e. The summed E-state index contributed by atoms with van der Waals surface area (Å²) in [4.78, 5) is 0. The minimum absolute atomic E-state index is 0.0512. The molecule has 1 unspecified atom stereocenters. The maximum absolute atomic E-state index is 14.3. The lowest BCUT2D eigenvalue weighted by atomic mass is 9.84. The van der Waals surface area contributed by atoms with Gasteiger partial charge in [0.15, 0.2) is 0 Å². The Morgan fingerprint density at radius 1 is 0.472 bits per heavy atom. The van der Waals surface area contributed by atoms with E-state index in [1.807, 2.05) is 0 Å². The summed E-state index contributed by atoms with van der Waals surface area (Å²) in [6.45, 7) is 2.82. The van der Waals surface area contributed by atoms with Crippen molar-refractivity contribution < 1.29 is 74.6 Å². The predicted molar refractivity (Wildman–Crippen MR) is 101 cm³/mol. The highest BCUT2D eigenvalue weighted by Gasteiger charge is 2.95. The minimum Gasteiger partial charge on any atom is -0.200 e. The third kappa shape index (κ3) is 5.76. The van der Waals surface area contributed by atoms with Crippen molar-refractivity contribution in [1.29, 1.82) is 0 Å². The van der Waals surface area contributed by atoms with Crippen molar-refractivity contribution in [2.45, 2.75) is 110 Å². The number of rotatable bonds is 14. The van der Waals surface area contributed by atoms with Crippen molar-refractivity contribution in [2.24, 2.45) is 0 Å². The molecular formula is C18H20F17I. The van der Waals surface area contributed by atoms with Crippen LogP contribution < -0.4 is 0 Å². The van der Waals surface area contributed by atoms with Gasteiger partial charge in [-0.15, -0.1) is 0 Å². The molecule has 0 nitrogen and oxygen atoms in total. The third-order valence-electron chi connectivity index (χ3n) is 5.44. The second-order valence-electron chi connectivity index (χ2n) is 8.14. The number of halogens is 18. The second-order valence-corrected chi connectivity index (χ2v) is 10.4. The molecule has 0 aliphatic heterocycles. The molecule has 0 bridgehead atoms. The van der Waals surface area contributed by atoms with Crippen molar-refractivity contribution in [1.82, 2.24) is 0 Å². The van der Waals surface area contributed by atoms with Crippen LogP contribution in [0.15, 0.2) is 0 Å². The van der Waals surface area contributed by atoms with Gasteiger partial charge in [-0.1, -0.05) is 62.1 Å². The van der Waals surface area contributed by atoms with Gasteiger partial charge in [0.25, 0.3) is 0 Å². The number of hydrogen-bond donors (Lipinski definition) is 0. The maximum atomic E-state index is 14.3. The molecule has 0 saturated carbocycles. The van der Waals surface area contributed by atoms with Crippen LogP contribution in [0.4, 0.5) is 74.6 Å². The normalized spacial score (nSPS) is 17.3. The van der Waals surface area contributed by atoms with Crippen molar-refractivity contribution in [2.75, 3.05) is 0 Å². The Bertz CT molecular complexity index is 728. The number of unbranched alkanes of at least 4 members (excludes halogenated alkanes) is 3. The van der Waals surface area contributed by atoms with E-state index in [0.29, 0.717) is 19.3 Å². The molecule has 36 heavy (non-hydrogen) atoms. The van der Waals surface area contributed by atoms with Crippen LogP contribution in [0, 0.1) is 0 Å². The Kier molecular flexibility index (Phi) is 10.5. The largest absolute Gasteiger partial charge is 0.460 e. The van der Waals surface area contributed by atoms with Crippen LogP contribution in [0.2, 0.25) is 0 Å². The van der Waals surface area contributed by atoms with Gasteiger partial charge in [0.1, 0.15) is 0 Å². The van der Waals surface area contributed by atoms with Gasteiger partial charge in [0, 0.05) is 9.84 Å². The van der Waals surface area contributed by atoms with Gasteiger partial charge >= 0.3 is 47.6 Å². The molecule has 0 saturated heterocycles. The molecule has 218 valence electrons. The van der Waals surface area contributed by atoms with Crippen LogP contribution in [-0.4, -0.2) is 51.1 Å². The zero-order valence-electron chi connectivity index (χ0n) is 18.3. The monoisotopic (exact) mass is 686 g/mol. The first-order chi connectivity index (χ1) is 15.6. The Morgan fingerprint density at radius 3 is 1.17 bits per heavy atom. The van der Waals surface area contributed by atoms with Gasteiger partial charge in [-0.25, -0.2) is 0 Å². The van der Waals surface area contributed by atoms with Crippen LogP contribution in [0.5, 0.6) is 0 Å². The Hall–Kier alpha value is -0.460. The highest BCUT2D eigenvalue weighted by molar-refractivity contribution is 14.1. The van der Waals surface area contributed by atoms with Gasteiger partial charge in [0.2, 0.25) is 0 Å². The summed E-state index contributed by atoms with van der Waals surface area (Å²) in [6, 6.07) is 0. The summed E-state index contributed by atoms with van der Waals surface area (Å²) >= 11 is 1.11. The summed E-state index contributed by atoms with van der Waals surface area (Å²) in [7, 11) is 0. The highest BCUT2D eigenvalue weighted by Crippen LogP contribution is 2.64. The minimum atomic E-state index is -8.59. The van der Waals surface area contributed by atoms with Crippen molar-refractivity contribution >= 4 is 22.6 Å². The molecule has 18 heteroatoms. The van der Waals surface area contributed by atoms with Gasteiger partial charge in [-0.05, 0) is 12.8 Å². The van der Waals surface area contributed by atoms with Gasteiger partial charge in [-0.2, -0.15) is 74.6 Å².